The molecule has 8 nitrogen and oxygen atoms in total. The van der Waals surface area contributed by atoms with Crippen LogP contribution in [0.4, 0.5) is 24.9 Å². The molecule has 1 aromatic rings. The van der Waals surface area contributed by atoms with Gasteiger partial charge in [0.15, 0.2) is 0 Å². The van der Waals surface area contributed by atoms with Crippen molar-refractivity contribution in [3.8, 4) is 0 Å². The summed E-state index contributed by atoms with van der Waals surface area (Å²) in [5.41, 5.74) is -0.434. The number of fused-ring (bicyclic) bond motifs is 1. The Hall–Kier alpha value is -2.30. The predicted molar refractivity (Wildman–Crippen MR) is 92.0 cm³/mol. The van der Waals surface area contributed by atoms with Gasteiger partial charge in [-0.05, 0) is 13.3 Å². The molecule has 0 spiro atoms. The van der Waals surface area contributed by atoms with Gasteiger partial charge >= 0.3 is 6.18 Å². The molecule has 1 aromatic heterocycles. The molecule has 2 atom stereocenters. The lowest BCUT2D eigenvalue weighted by Gasteiger charge is -2.40. The monoisotopic (exact) mass is 389 g/mol. The zero-order valence-electron chi connectivity index (χ0n) is 15.1. The summed E-state index contributed by atoms with van der Waals surface area (Å²) in [6, 6.07) is -0.612. The molecule has 0 aromatic carbocycles. The van der Waals surface area contributed by atoms with Gasteiger partial charge in [0, 0.05) is 26.2 Å². The van der Waals surface area contributed by atoms with Crippen LogP contribution < -0.4 is 20.7 Å². The Labute approximate surface area is 153 Å². The summed E-state index contributed by atoms with van der Waals surface area (Å²) >= 11 is 0. The second kappa shape index (κ2) is 7.37. The van der Waals surface area contributed by atoms with E-state index in [4.69, 9.17) is 4.74 Å². The van der Waals surface area contributed by atoms with E-state index in [1.165, 1.54) is 17.7 Å². The Kier molecular flexibility index (Phi) is 5.31. The van der Waals surface area contributed by atoms with Gasteiger partial charge in [-0.2, -0.15) is 18.2 Å². The SMILES string of the molecule is CNC(=O)CN1c2nc(N3CCOCC3C)cc(=O)n2CCC1C(F)(F)F. The number of alkyl halides is 3. The fourth-order valence-corrected chi connectivity index (χ4v) is 3.43. The van der Waals surface area contributed by atoms with Gasteiger partial charge < -0.3 is 19.9 Å². The van der Waals surface area contributed by atoms with Crippen molar-refractivity contribution in [3.63, 3.8) is 0 Å². The van der Waals surface area contributed by atoms with Gasteiger partial charge in [0.05, 0.1) is 19.3 Å². The quantitative estimate of drug-likeness (QED) is 0.804. The van der Waals surface area contributed by atoms with Crippen molar-refractivity contribution in [2.45, 2.75) is 38.1 Å². The highest BCUT2D eigenvalue weighted by Crippen LogP contribution is 2.34. The number of hydrogen-bond acceptors (Lipinski definition) is 6. The molecule has 3 rings (SSSR count). The van der Waals surface area contributed by atoms with E-state index in [0.717, 1.165) is 4.90 Å². The molecule has 0 bridgehead atoms. The molecule has 1 amide bonds. The lowest BCUT2D eigenvalue weighted by Crippen LogP contribution is -2.55. The highest BCUT2D eigenvalue weighted by Gasteiger charge is 2.47. The molecular formula is C16H22F3N5O3. The van der Waals surface area contributed by atoms with E-state index in [0.29, 0.717) is 25.6 Å². The number of carbonyl (C=O) groups excluding carboxylic acids is 1. The van der Waals surface area contributed by atoms with E-state index in [9.17, 15) is 22.8 Å². The molecule has 11 heteroatoms. The largest absolute Gasteiger partial charge is 0.408 e. The predicted octanol–water partition coefficient (Wildman–Crippen LogP) is 0.355. The van der Waals surface area contributed by atoms with E-state index in [1.54, 1.807) is 0 Å². The molecule has 1 saturated heterocycles. The van der Waals surface area contributed by atoms with E-state index < -0.39 is 30.2 Å². The van der Waals surface area contributed by atoms with E-state index in [-0.39, 0.29) is 25.0 Å². The number of likely N-dealkylation sites (N-methyl/N-ethyl adjacent to an activating group) is 1. The van der Waals surface area contributed by atoms with Crippen LogP contribution in [0.2, 0.25) is 0 Å². The van der Waals surface area contributed by atoms with Crippen LogP contribution in [0.5, 0.6) is 0 Å². The molecule has 27 heavy (non-hydrogen) atoms. The molecule has 0 aliphatic carbocycles. The number of halogens is 3. The number of amides is 1. The Morgan fingerprint density at radius 3 is 2.78 bits per heavy atom. The average molecular weight is 389 g/mol. The van der Waals surface area contributed by atoms with Crippen molar-refractivity contribution in [2.24, 2.45) is 0 Å². The van der Waals surface area contributed by atoms with Crippen molar-refractivity contribution >= 4 is 17.7 Å². The molecule has 2 aliphatic heterocycles. The van der Waals surface area contributed by atoms with Crippen molar-refractivity contribution in [1.29, 1.82) is 0 Å². The summed E-state index contributed by atoms with van der Waals surface area (Å²) in [4.78, 5) is 31.4. The zero-order chi connectivity index (χ0) is 19.8. The number of nitrogens with one attached hydrogen (secondary N) is 1. The molecule has 1 N–H and O–H groups in total. The van der Waals surface area contributed by atoms with Crippen molar-refractivity contribution in [2.75, 3.05) is 43.2 Å². The van der Waals surface area contributed by atoms with Crippen LogP contribution in [-0.2, 0) is 16.1 Å². The second-order valence-electron chi connectivity index (χ2n) is 6.67. The smallest absolute Gasteiger partial charge is 0.377 e. The summed E-state index contributed by atoms with van der Waals surface area (Å²) in [6.45, 7) is 2.61. The molecule has 2 unspecified atom stereocenters. The maximum Gasteiger partial charge on any atom is 0.408 e. The van der Waals surface area contributed by atoms with Crippen LogP contribution in [0.15, 0.2) is 10.9 Å². The van der Waals surface area contributed by atoms with Crippen molar-refractivity contribution < 1.29 is 22.7 Å². The Balaban J connectivity index is 2.06. The van der Waals surface area contributed by atoms with E-state index in [2.05, 4.69) is 10.3 Å². The number of hydrogen-bond donors (Lipinski definition) is 1. The zero-order valence-corrected chi connectivity index (χ0v) is 15.1. The highest BCUT2D eigenvalue weighted by atomic mass is 19.4. The number of rotatable bonds is 3. The van der Waals surface area contributed by atoms with Crippen LogP contribution in [0.25, 0.3) is 0 Å². The third kappa shape index (κ3) is 3.87. The number of morpholine rings is 1. The Morgan fingerprint density at radius 2 is 2.15 bits per heavy atom. The first-order valence-electron chi connectivity index (χ1n) is 8.72. The summed E-state index contributed by atoms with van der Waals surface area (Å²) in [5, 5.41) is 2.32. The number of carbonyl (C=O) groups is 1. The third-order valence-corrected chi connectivity index (χ3v) is 4.87. The van der Waals surface area contributed by atoms with Crippen LogP contribution >= 0.6 is 0 Å². The summed E-state index contributed by atoms with van der Waals surface area (Å²) in [5.74, 6) is -0.419. The van der Waals surface area contributed by atoms with E-state index >= 15 is 0 Å². The van der Waals surface area contributed by atoms with Crippen molar-refractivity contribution in [3.05, 3.63) is 16.4 Å². The average Bonchev–Trinajstić information content (AvgIpc) is 2.61. The Morgan fingerprint density at radius 1 is 1.41 bits per heavy atom. The number of nitrogens with zero attached hydrogens (tertiary/aromatic N) is 4. The minimum atomic E-state index is -4.54. The molecule has 0 saturated carbocycles. The third-order valence-electron chi connectivity index (χ3n) is 4.87. The molecule has 2 aliphatic rings. The van der Waals surface area contributed by atoms with Gasteiger partial charge in [0.1, 0.15) is 18.4 Å². The Bertz CT molecular complexity index is 767. The van der Waals surface area contributed by atoms with Crippen LogP contribution in [0.1, 0.15) is 13.3 Å². The van der Waals surface area contributed by atoms with E-state index in [1.807, 2.05) is 11.8 Å². The van der Waals surface area contributed by atoms with Crippen LogP contribution in [0, 0.1) is 0 Å². The van der Waals surface area contributed by atoms with Gasteiger partial charge in [-0.3, -0.25) is 14.2 Å². The van der Waals surface area contributed by atoms with Gasteiger partial charge in [-0.1, -0.05) is 0 Å². The summed E-state index contributed by atoms with van der Waals surface area (Å²) in [6.07, 6.45) is -4.86. The molecule has 150 valence electrons. The van der Waals surface area contributed by atoms with Crippen molar-refractivity contribution in [1.82, 2.24) is 14.9 Å². The topological polar surface area (TPSA) is 79.7 Å². The lowest BCUT2D eigenvalue weighted by molar-refractivity contribution is -0.153. The maximum atomic E-state index is 13.5. The first-order chi connectivity index (χ1) is 12.7. The minimum absolute atomic E-state index is 0.0666. The van der Waals surface area contributed by atoms with Gasteiger partial charge in [-0.15, -0.1) is 0 Å². The molecule has 1 fully saturated rings. The lowest BCUT2D eigenvalue weighted by atomic mass is 10.1. The minimum Gasteiger partial charge on any atom is -0.377 e. The van der Waals surface area contributed by atoms with Gasteiger partial charge in [-0.25, -0.2) is 0 Å². The number of aromatic nitrogens is 2. The van der Waals surface area contributed by atoms with Gasteiger partial charge in [0.2, 0.25) is 11.9 Å². The number of ether oxygens (including phenoxy) is 1. The van der Waals surface area contributed by atoms with Gasteiger partial charge in [0.25, 0.3) is 5.56 Å². The summed E-state index contributed by atoms with van der Waals surface area (Å²) in [7, 11) is 1.35. The maximum absolute atomic E-state index is 13.5. The summed E-state index contributed by atoms with van der Waals surface area (Å²) < 4.78 is 47.2. The standard InChI is InChI=1S/C16H22F3N5O3/c1-10-9-27-6-5-22(10)12-7-14(26)23-4-3-11(16(17,18)19)24(15(23)21-12)8-13(25)20-2/h7,10-11H,3-6,8-9H2,1-2H3,(H,20,25). The molecule has 3 heterocycles. The first kappa shape index (κ1) is 19.5. The molecule has 0 radical (unpaired) electrons. The van der Waals surface area contributed by atoms with Crippen LogP contribution in [-0.4, -0.2) is 67.1 Å². The normalized spacial score (nSPS) is 23.1. The number of anilines is 2. The highest BCUT2D eigenvalue weighted by molar-refractivity contribution is 5.80. The van der Waals surface area contributed by atoms with Crippen LogP contribution in [0.3, 0.4) is 0 Å². The second-order valence-corrected chi connectivity index (χ2v) is 6.67. The fourth-order valence-electron chi connectivity index (χ4n) is 3.43. The first-order valence-corrected chi connectivity index (χ1v) is 8.72. The molecular weight excluding hydrogens is 367 g/mol. The fraction of sp³-hybridized carbons (Fsp3) is 0.688.